The van der Waals surface area contributed by atoms with E-state index >= 15 is 0 Å². The van der Waals surface area contributed by atoms with Crippen LogP contribution in [0.5, 0.6) is 11.5 Å². The molecule has 0 fully saturated rings. The van der Waals surface area contributed by atoms with Gasteiger partial charge in [-0.15, -0.1) is 0 Å². The minimum Gasteiger partial charge on any atom is -0.456 e. The number of para-hydroxylation sites is 3. The molecule has 0 N–H and O–H groups in total. The number of rotatable bonds is 8. The molecule has 7 aromatic carbocycles. The molecule has 8 heteroatoms. The molecule has 0 aliphatic carbocycles. The average molecular weight is 980 g/mol. The molecule has 74 heavy (non-hydrogen) atoms. The lowest BCUT2D eigenvalue weighted by Gasteiger charge is -2.23. The predicted molar refractivity (Wildman–Crippen MR) is 306 cm³/mol. The Balaban J connectivity index is 1.20. The van der Waals surface area contributed by atoms with Gasteiger partial charge in [0.2, 0.25) is 11.4 Å². The minimum absolute atomic E-state index is 0.120. The fourth-order valence-electron chi connectivity index (χ4n) is 9.63. The van der Waals surface area contributed by atoms with Crippen LogP contribution in [-0.4, -0.2) is 30.5 Å². The summed E-state index contributed by atoms with van der Waals surface area (Å²) in [4.78, 5) is 20.4. The van der Waals surface area contributed by atoms with Crippen molar-refractivity contribution in [3.63, 3.8) is 0 Å². The highest BCUT2D eigenvalue weighted by Gasteiger charge is 2.41. The molecule has 3 aromatic heterocycles. The van der Waals surface area contributed by atoms with Gasteiger partial charge in [-0.3, -0.25) is 4.57 Å². The van der Waals surface area contributed by atoms with Crippen LogP contribution in [0.1, 0.15) is 110 Å². The summed E-state index contributed by atoms with van der Waals surface area (Å²) in [6, 6.07) is 29.8. The molecule has 4 heterocycles. The zero-order valence-electron chi connectivity index (χ0n) is 53.9. The third kappa shape index (κ3) is 8.49. The van der Waals surface area contributed by atoms with Gasteiger partial charge in [-0.25, -0.2) is 19.9 Å². The van der Waals surface area contributed by atoms with Crippen LogP contribution < -0.4 is 13.9 Å². The molecule has 0 spiro atoms. The van der Waals surface area contributed by atoms with E-state index in [0.717, 1.165) is 33.2 Å². The molecule has 8 nitrogen and oxygen atoms in total. The smallest absolute Gasteiger partial charge is 0.456 e. The molecule has 10 aromatic rings. The van der Waals surface area contributed by atoms with Crippen molar-refractivity contribution >= 4 is 50.6 Å². The monoisotopic (exact) mass is 980 g/mol. The van der Waals surface area contributed by atoms with Crippen LogP contribution in [0, 0.1) is 20.8 Å². The van der Waals surface area contributed by atoms with E-state index in [1.807, 2.05) is 90.5 Å². The zero-order valence-corrected chi connectivity index (χ0v) is 43.9. The summed E-state index contributed by atoms with van der Waals surface area (Å²) in [6.45, 7) is 24.4. The quantitative estimate of drug-likeness (QED) is 0.142. The van der Waals surface area contributed by atoms with E-state index in [0.29, 0.717) is 68.3 Å². The Morgan fingerprint density at radius 2 is 1.15 bits per heavy atom. The van der Waals surface area contributed by atoms with Crippen molar-refractivity contribution in [3.05, 3.63) is 198 Å². The van der Waals surface area contributed by atoms with E-state index in [9.17, 15) is 5.48 Å². The van der Waals surface area contributed by atoms with Crippen molar-refractivity contribution in [2.24, 2.45) is 0 Å². The summed E-state index contributed by atoms with van der Waals surface area (Å²) >= 11 is 0. The summed E-state index contributed by atoms with van der Waals surface area (Å²) in [7, 11) is 0. The fourth-order valence-corrected chi connectivity index (χ4v) is 9.63. The van der Waals surface area contributed by atoms with Gasteiger partial charge in [0.05, 0.1) is 47.5 Å². The number of benzene rings is 7. The Morgan fingerprint density at radius 1 is 0.554 bits per heavy atom. The zero-order chi connectivity index (χ0) is 60.5. The fraction of sp³-hybridized carbons (Fsp3) is 0.227. The van der Waals surface area contributed by atoms with E-state index in [1.54, 1.807) is 18.4 Å². The van der Waals surface area contributed by atoms with Crippen LogP contribution in [0.2, 0.25) is 0 Å². The molecule has 0 saturated carbocycles. The number of hydrogen-bond donors (Lipinski definition) is 0. The molecule has 0 unspecified atom stereocenters. The van der Waals surface area contributed by atoms with Gasteiger partial charge in [-0.1, -0.05) is 159 Å². The Morgan fingerprint density at radius 3 is 1.76 bits per heavy atom. The lowest BCUT2D eigenvalue weighted by molar-refractivity contribution is 0.481. The first-order valence-electron chi connectivity index (χ1n) is 29.8. The Labute approximate surface area is 449 Å². The first-order valence-corrected chi connectivity index (χ1v) is 24.8. The molecule has 1 aliphatic heterocycles. The topological polar surface area (TPSA) is 71.7 Å². The van der Waals surface area contributed by atoms with Crippen LogP contribution in [0.3, 0.4) is 0 Å². The molecule has 0 radical (unpaired) electrons. The summed E-state index contributed by atoms with van der Waals surface area (Å²) in [6.07, 6.45) is 1.85. The van der Waals surface area contributed by atoms with Crippen molar-refractivity contribution in [1.29, 1.82) is 0 Å². The van der Waals surface area contributed by atoms with Crippen LogP contribution in [0.4, 0.5) is 22.7 Å². The largest absolute Gasteiger partial charge is 0.503 e. The number of fused-ring (bicyclic) bond motifs is 4. The summed E-state index contributed by atoms with van der Waals surface area (Å²) < 4.78 is 103. The van der Waals surface area contributed by atoms with Gasteiger partial charge in [-0.2, -0.15) is 0 Å². The van der Waals surface area contributed by atoms with Gasteiger partial charge in [0, 0.05) is 52.1 Å². The van der Waals surface area contributed by atoms with Gasteiger partial charge in [0.1, 0.15) is 29.0 Å². The van der Waals surface area contributed by atoms with E-state index in [2.05, 4.69) is 97.2 Å². The predicted octanol–water partition coefficient (Wildman–Crippen LogP) is 16.8. The number of nitrogens with zero attached hydrogens (tertiary/aromatic N) is 7. The van der Waals surface area contributed by atoms with E-state index in [1.165, 1.54) is 0 Å². The highest BCUT2D eigenvalue weighted by molar-refractivity contribution is 6.11. The summed E-state index contributed by atoms with van der Waals surface area (Å²) in [5.74, 6) is 3.33. The van der Waals surface area contributed by atoms with Crippen molar-refractivity contribution in [3.8, 4) is 51.0 Å². The first-order chi connectivity index (χ1) is 39.5. The Bertz CT molecular complexity index is 4370. The van der Waals surface area contributed by atoms with Crippen molar-refractivity contribution < 1.29 is 18.4 Å². The molecular formula is C66H63N7O+2. The first kappa shape index (κ1) is 37.4. The van der Waals surface area contributed by atoms with E-state index in [4.69, 9.17) is 32.9 Å². The summed E-state index contributed by atoms with van der Waals surface area (Å²) in [5, 5.41) is 1.93. The maximum Gasteiger partial charge on any atom is 0.503 e. The van der Waals surface area contributed by atoms with Crippen molar-refractivity contribution in [2.45, 2.75) is 99.3 Å². The van der Waals surface area contributed by atoms with Gasteiger partial charge >= 0.3 is 6.01 Å². The number of aromatic nitrogens is 5. The highest BCUT2D eigenvalue weighted by atomic mass is 16.5. The van der Waals surface area contributed by atoms with Crippen molar-refractivity contribution in [1.82, 2.24) is 33.7 Å². The molecule has 11 rings (SSSR count). The van der Waals surface area contributed by atoms with Crippen molar-refractivity contribution in [2.75, 3.05) is 0 Å². The van der Waals surface area contributed by atoms with Gasteiger partial charge in [0.25, 0.3) is 11.4 Å². The van der Waals surface area contributed by atoms with E-state index < -0.39 is 71.3 Å². The number of ether oxygens (including phenoxy) is 1. The second kappa shape index (κ2) is 18.0. The standard InChI is InChI=1S/C66H63N7O/c1-41-42(2)58(44-24-15-13-16-25-44)60(59(43(41)3)45-26-17-14-18-27-45)72-40-71(53-32-21-22-33-54(53)72)47-28-23-29-48(37-47)74-56-39-55-50(38-51(56)61-68-62(65(7,8)9)70-63(69-61)66(10,11)12)49-30-19-20-31-52(49)73(55)57-36-46(34-35-67-57)64(4,5)6/h13-39H,1-12H3/q+2/i13D,14D,15D,16D,17D,18D,24D,25D,26D,27D. The maximum atomic E-state index is 9.35. The highest BCUT2D eigenvalue weighted by Crippen LogP contribution is 2.49. The van der Waals surface area contributed by atoms with Crippen LogP contribution in [-0.2, 0) is 16.2 Å². The molecule has 366 valence electrons. The number of pyridine rings is 1. The second-order valence-electron chi connectivity index (χ2n) is 22.0. The molecule has 0 amide bonds. The van der Waals surface area contributed by atoms with Gasteiger partial charge < -0.3 is 4.74 Å². The van der Waals surface area contributed by atoms with Gasteiger partial charge in [-0.05, 0) is 99.0 Å². The second-order valence-corrected chi connectivity index (χ2v) is 22.0. The lowest BCUT2D eigenvalue weighted by Crippen LogP contribution is -2.24. The summed E-state index contributed by atoms with van der Waals surface area (Å²) in [5.41, 5.74) is 6.37. The van der Waals surface area contributed by atoms with E-state index in [-0.39, 0.29) is 33.4 Å². The normalized spacial score (nSPS) is 14.7. The molecule has 0 atom stereocenters. The van der Waals surface area contributed by atoms with Crippen LogP contribution in [0.15, 0.2) is 164 Å². The lowest BCUT2D eigenvalue weighted by atomic mass is 9.85. The Kier molecular flexibility index (Phi) is 9.11. The average Bonchev–Trinajstić information content (AvgIpc) is 1.31. The molecule has 1 aliphatic rings. The van der Waals surface area contributed by atoms with Crippen LogP contribution in [0.25, 0.3) is 61.3 Å². The third-order valence-electron chi connectivity index (χ3n) is 13.8. The molecule has 0 saturated heterocycles. The maximum absolute atomic E-state index is 9.35. The Hall–Kier alpha value is -8.32. The molecule has 0 bridgehead atoms. The van der Waals surface area contributed by atoms with Crippen LogP contribution >= 0.6 is 0 Å². The number of hydrogen-bond acceptors (Lipinski definition) is 5. The third-order valence-corrected chi connectivity index (χ3v) is 13.8. The SMILES string of the molecule is [2H]c1c([2H])c([2H])c(-c2c(C)c(C)c(C)c(-c3c([2H])c([2H])c([2H])c([2H])c3[2H])c2[N+]2=C=[N+](c3cccc(Oc4cc5c(cc4-c4nc(C(C)(C)C)nc(C(C)(C)C)n4)c4ccccc4n5-c4cc(C(C)(C)C)ccn4)c3)c3ccccc32)c([2H])c1[2H]. The molecular weight excluding hydrogens is 907 g/mol. The minimum atomic E-state index is -0.574. The van der Waals surface area contributed by atoms with Gasteiger partial charge in [0.15, 0.2) is 5.82 Å².